The van der Waals surface area contributed by atoms with E-state index in [1.807, 2.05) is 43.0 Å². The number of carbonyl (C=O) groups excluding carboxylic acids is 2. The third-order valence-electron chi connectivity index (χ3n) is 5.64. The Morgan fingerprint density at radius 1 is 1.00 bits per heavy atom. The van der Waals surface area contributed by atoms with Crippen LogP contribution in [0.15, 0.2) is 47.0 Å². The molecule has 0 radical (unpaired) electrons. The van der Waals surface area contributed by atoms with Crippen molar-refractivity contribution in [3.05, 3.63) is 59.5 Å². The van der Waals surface area contributed by atoms with Crippen molar-refractivity contribution in [1.82, 2.24) is 15.0 Å². The zero-order valence-corrected chi connectivity index (χ0v) is 20.0. The van der Waals surface area contributed by atoms with Crippen LogP contribution in [0.25, 0.3) is 11.4 Å². The topological polar surface area (TPSA) is 104 Å². The molecule has 0 unspecified atom stereocenters. The van der Waals surface area contributed by atoms with Gasteiger partial charge in [0.25, 0.3) is 11.8 Å². The molecule has 1 amide bonds. The maximum Gasteiger partial charge on any atom is 0.338 e. The van der Waals surface area contributed by atoms with E-state index in [9.17, 15) is 9.59 Å². The lowest BCUT2D eigenvalue weighted by Gasteiger charge is -2.26. The van der Waals surface area contributed by atoms with E-state index in [2.05, 4.69) is 10.1 Å². The second-order valence-electron chi connectivity index (χ2n) is 8.28. The standard InChI is InChI=1S/C26H29N3O6/c1-3-32-22-15-20(11-12-21(22)33-17-24(30)29-13-5-4-6-14-29)26(31)34-16-23-27-25(28-35-23)19-9-7-18(2)8-10-19/h7-12,15H,3-6,13-14,16-17H2,1-2H3. The van der Waals surface area contributed by atoms with Gasteiger partial charge in [-0.05, 0) is 51.3 Å². The molecular weight excluding hydrogens is 450 g/mol. The Balaban J connectivity index is 1.35. The monoisotopic (exact) mass is 479 g/mol. The van der Waals surface area contributed by atoms with Gasteiger partial charge >= 0.3 is 5.97 Å². The molecule has 2 aromatic carbocycles. The Hall–Kier alpha value is -3.88. The molecule has 0 aliphatic carbocycles. The van der Waals surface area contributed by atoms with Crippen molar-refractivity contribution < 1.29 is 28.3 Å². The highest BCUT2D eigenvalue weighted by molar-refractivity contribution is 5.90. The second-order valence-corrected chi connectivity index (χ2v) is 8.28. The first-order valence-corrected chi connectivity index (χ1v) is 11.8. The normalized spacial score (nSPS) is 13.4. The Labute approximate surface area is 204 Å². The summed E-state index contributed by atoms with van der Waals surface area (Å²) in [5.74, 6) is 0.754. The van der Waals surface area contributed by atoms with Crippen LogP contribution in [0.4, 0.5) is 0 Å². The fourth-order valence-corrected chi connectivity index (χ4v) is 3.74. The van der Waals surface area contributed by atoms with Gasteiger partial charge < -0.3 is 23.6 Å². The molecule has 1 fully saturated rings. The summed E-state index contributed by atoms with van der Waals surface area (Å²) in [4.78, 5) is 31.1. The Kier molecular flexibility index (Phi) is 7.97. The maximum atomic E-state index is 12.6. The molecule has 0 N–H and O–H groups in total. The fraction of sp³-hybridized carbons (Fsp3) is 0.385. The zero-order valence-electron chi connectivity index (χ0n) is 20.0. The van der Waals surface area contributed by atoms with Crippen LogP contribution in [0.1, 0.15) is 48.0 Å². The van der Waals surface area contributed by atoms with Crippen LogP contribution >= 0.6 is 0 Å². The SMILES string of the molecule is CCOc1cc(C(=O)OCc2nc(-c3ccc(C)cc3)no2)ccc1OCC(=O)N1CCCCC1. The second kappa shape index (κ2) is 11.5. The molecule has 35 heavy (non-hydrogen) atoms. The van der Waals surface area contributed by atoms with Crippen molar-refractivity contribution in [2.45, 2.75) is 39.7 Å². The summed E-state index contributed by atoms with van der Waals surface area (Å²) in [6, 6.07) is 12.4. The zero-order chi connectivity index (χ0) is 24.6. The number of esters is 1. The molecule has 1 saturated heterocycles. The van der Waals surface area contributed by atoms with Gasteiger partial charge in [-0.25, -0.2) is 4.79 Å². The van der Waals surface area contributed by atoms with Crippen LogP contribution in [0.2, 0.25) is 0 Å². The first kappa shape index (κ1) is 24.3. The van der Waals surface area contributed by atoms with Crippen LogP contribution in [0.3, 0.4) is 0 Å². The van der Waals surface area contributed by atoms with Crippen molar-refractivity contribution in [2.75, 3.05) is 26.3 Å². The lowest BCUT2D eigenvalue weighted by Crippen LogP contribution is -2.38. The lowest BCUT2D eigenvalue weighted by molar-refractivity contribution is -0.134. The highest BCUT2D eigenvalue weighted by Gasteiger charge is 2.19. The van der Waals surface area contributed by atoms with E-state index in [4.69, 9.17) is 18.7 Å². The van der Waals surface area contributed by atoms with E-state index in [0.29, 0.717) is 23.9 Å². The molecule has 3 aromatic rings. The van der Waals surface area contributed by atoms with Crippen molar-refractivity contribution in [1.29, 1.82) is 0 Å². The van der Waals surface area contributed by atoms with Gasteiger partial charge in [-0.1, -0.05) is 35.0 Å². The van der Waals surface area contributed by atoms with Gasteiger partial charge in [-0.3, -0.25) is 4.79 Å². The van der Waals surface area contributed by atoms with Crippen molar-refractivity contribution in [3.8, 4) is 22.9 Å². The average molecular weight is 480 g/mol. The third-order valence-corrected chi connectivity index (χ3v) is 5.64. The average Bonchev–Trinajstić information content (AvgIpc) is 3.36. The predicted molar refractivity (Wildman–Crippen MR) is 127 cm³/mol. The number of hydrogen-bond donors (Lipinski definition) is 0. The Morgan fingerprint density at radius 2 is 1.77 bits per heavy atom. The molecule has 1 aromatic heterocycles. The first-order valence-electron chi connectivity index (χ1n) is 11.8. The molecule has 184 valence electrons. The molecular formula is C26H29N3O6. The fourth-order valence-electron chi connectivity index (χ4n) is 3.74. The summed E-state index contributed by atoms with van der Waals surface area (Å²) in [6.07, 6.45) is 3.18. The molecule has 9 heteroatoms. The van der Waals surface area contributed by atoms with Gasteiger partial charge in [0, 0.05) is 18.7 Å². The van der Waals surface area contributed by atoms with Crippen LogP contribution in [0, 0.1) is 6.92 Å². The summed E-state index contributed by atoms with van der Waals surface area (Å²) in [6.45, 7) is 5.48. The number of carbonyl (C=O) groups is 2. The van der Waals surface area contributed by atoms with Crippen LogP contribution in [0.5, 0.6) is 11.5 Å². The minimum absolute atomic E-state index is 0.0554. The van der Waals surface area contributed by atoms with Gasteiger partial charge in [-0.15, -0.1) is 0 Å². The van der Waals surface area contributed by atoms with Gasteiger partial charge in [0.15, 0.2) is 24.7 Å². The third kappa shape index (κ3) is 6.38. The summed E-state index contributed by atoms with van der Waals surface area (Å²) >= 11 is 0. The minimum Gasteiger partial charge on any atom is -0.490 e. The van der Waals surface area contributed by atoms with E-state index in [-0.39, 0.29) is 30.6 Å². The number of nitrogens with zero attached hydrogens (tertiary/aromatic N) is 3. The van der Waals surface area contributed by atoms with Gasteiger partial charge in [-0.2, -0.15) is 4.98 Å². The molecule has 0 bridgehead atoms. The summed E-state index contributed by atoms with van der Waals surface area (Å²) in [5.41, 5.74) is 2.22. The Bertz CT molecular complexity index is 1150. The van der Waals surface area contributed by atoms with E-state index in [0.717, 1.165) is 43.5 Å². The molecule has 2 heterocycles. The molecule has 1 aliphatic heterocycles. The number of benzene rings is 2. The van der Waals surface area contributed by atoms with Crippen molar-refractivity contribution >= 4 is 11.9 Å². The molecule has 9 nitrogen and oxygen atoms in total. The van der Waals surface area contributed by atoms with Crippen LogP contribution < -0.4 is 9.47 Å². The number of amides is 1. The molecule has 0 atom stereocenters. The van der Waals surface area contributed by atoms with Gasteiger partial charge in [0.05, 0.1) is 12.2 Å². The maximum absolute atomic E-state index is 12.6. The quantitative estimate of drug-likeness (QED) is 0.421. The molecule has 0 spiro atoms. The number of hydrogen-bond acceptors (Lipinski definition) is 8. The number of aromatic nitrogens is 2. The molecule has 0 saturated carbocycles. The van der Waals surface area contributed by atoms with Gasteiger partial charge in [0.1, 0.15) is 0 Å². The van der Waals surface area contributed by atoms with E-state index in [1.165, 1.54) is 6.07 Å². The number of rotatable bonds is 9. The molecule has 4 rings (SSSR count). The smallest absolute Gasteiger partial charge is 0.338 e. The minimum atomic E-state index is -0.572. The highest BCUT2D eigenvalue weighted by Crippen LogP contribution is 2.29. The number of aryl methyl sites for hydroxylation is 1. The lowest BCUT2D eigenvalue weighted by atomic mass is 10.1. The summed E-state index contributed by atoms with van der Waals surface area (Å²) < 4.78 is 21.9. The van der Waals surface area contributed by atoms with Gasteiger partial charge in [0.2, 0.25) is 5.82 Å². The van der Waals surface area contributed by atoms with E-state index in [1.54, 1.807) is 12.1 Å². The highest BCUT2D eigenvalue weighted by atomic mass is 16.6. The molecule has 1 aliphatic rings. The van der Waals surface area contributed by atoms with Crippen molar-refractivity contribution in [2.24, 2.45) is 0 Å². The van der Waals surface area contributed by atoms with E-state index < -0.39 is 5.97 Å². The largest absolute Gasteiger partial charge is 0.490 e. The predicted octanol–water partition coefficient (Wildman–Crippen LogP) is 4.19. The van der Waals surface area contributed by atoms with Crippen LogP contribution in [-0.2, 0) is 16.1 Å². The van der Waals surface area contributed by atoms with Crippen molar-refractivity contribution in [3.63, 3.8) is 0 Å². The first-order chi connectivity index (χ1) is 17.0. The van der Waals surface area contributed by atoms with E-state index >= 15 is 0 Å². The number of piperidine rings is 1. The number of ether oxygens (including phenoxy) is 3. The summed E-state index contributed by atoms with van der Waals surface area (Å²) in [7, 11) is 0. The summed E-state index contributed by atoms with van der Waals surface area (Å²) in [5, 5.41) is 3.94. The number of likely N-dealkylation sites (tertiary alicyclic amines) is 1. The van der Waals surface area contributed by atoms with Crippen LogP contribution in [-0.4, -0.2) is 53.2 Å². The Morgan fingerprint density at radius 3 is 2.51 bits per heavy atom.